The van der Waals surface area contributed by atoms with Gasteiger partial charge in [-0.15, -0.1) is 0 Å². The molecule has 0 amide bonds. The lowest BCUT2D eigenvalue weighted by molar-refractivity contribution is -0.0678. The lowest BCUT2D eigenvalue weighted by Gasteiger charge is -2.28. The topological polar surface area (TPSA) is 40.5 Å². The van der Waals surface area contributed by atoms with E-state index in [0.29, 0.717) is 12.8 Å². The van der Waals surface area contributed by atoms with Gasteiger partial charge in [-0.25, -0.2) is 0 Å². The minimum Gasteiger partial charge on any atom is -0.386 e. The maximum absolute atomic E-state index is 10.1. The van der Waals surface area contributed by atoms with E-state index in [9.17, 15) is 10.2 Å². The summed E-state index contributed by atoms with van der Waals surface area (Å²) in [5, 5.41) is 20.1. The molecule has 1 aromatic rings. The molecule has 2 N–H and O–H groups in total. The number of aliphatic hydroxyl groups excluding tert-OH is 1. The van der Waals surface area contributed by atoms with E-state index >= 15 is 0 Å². The molecule has 0 bridgehead atoms. The Labute approximate surface area is 83.5 Å². The van der Waals surface area contributed by atoms with Crippen LogP contribution in [0.15, 0.2) is 42.5 Å². The molecule has 74 valence electrons. The van der Waals surface area contributed by atoms with Gasteiger partial charge in [0.25, 0.3) is 0 Å². The molecule has 14 heavy (non-hydrogen) atoms. The maximum atomic E-state index is 10.1. The summed E-state index contributed by atoms with van der Waals surface area (Å²) in [5.74, 6) is 0. The average Bonchev–Trinajstić information content (AvgIpc) is 2.67. The number of aliphatic hydroxyl groups is 2. The Morgan fingerprint density at radius 2 is 1.64 bits per heavy atom. The monoisotopic (exact) mass is 190 g/mol. The van der Waals surface area contributed by atoms with Gasteiger partial charge in [-0.3, -0.25) is 0 Å². The standard InChI is InChI=1S/C12H14O2/c13-11(10-6-2-1-3-7-10)12(14)8-4-5-9-12/h1-7,11,13-14H,8-9H2. The van der Waals surface area contributed by atoms with Gasteiger partial charge in [-0.05, 0) is 18.4 Å². The summed E-state index contributed by atoms with van der Waals surface area (Å²) in [5.41, 5.74) is -0.222. The van der Waals surface area contributed by atoms with Crippen molar-refractivity contribution in [1.29, 1.82) is 0 Å². The molecule has 1 aliphatic carbocycles. The van der Waals surface area contributed by atoms with Gasteiger partial charge in [-0.2, -0.15) is 0 Å². The predicted octanol–water partition coefficient (Wildman–Crippen LogP) is 1.80. The largest absolute Gasteiger partial charge is 0.386 e. The Morgan fingerprint density at radius 3 is 2.21 bits per heavy atom. The van der Waals surface area contributed by atoms with Crippen LogP contribution in [-0.4, -0.2) is 15.8 Å². The molecular formula is C12H14O2. The van der Waals surface area contributed by atoms with E-state index in [1.807, 2.05) is 42.5 Å². The van der Waals surface area contributed by atoms with Crippen molar-refractivity contribution in [3.05, 3.63) is 48.0 Å². The van der Waals surface area contributed by atoms with Crippen LogP contribution in [0.4, 0.5) is 0 Å². The Bertz CT molecular complexity index is 321. The lowest BCUT2D eigenvalue weighted by atomic mass is 9.89. The van der Waals surface area contributed by atoms with Crippen LogP contribution in [0.5, 0.6) is 0 Å². The molecule has 2 heteroatoms. The summed E-state index contributed by atoms with van der Waals surface area (Å²) in [6, 6.07) is 9.30. The molecule has 1 unspecified atom stereocenters. The van der Waals surface area contributed by atoms with Crippen molar-refractivity contribution in [2.75, 3.05) is 0 Å². The lowest BCUT2D eigenvalue weighted by Crippen LogP contribution is -2.33. The van der Waals surface area contributed by atoms with Crippen molar-refractivity contribution >= 4 is 0 Å². The van der Waals surface area contributed by atoms with Gasteiger partial charge < -0.3 is 10.2 Å². The molecule has 0 saturated carbocycles. The van der Waals surface area contributed by atoms with Gasteiger partial charge in [0.05, 0.1) is 0 Å². The van der Waals surface area contributed by atoms with Crippen molar-refractivity contribution < 1.29 is 10.2 Å². The first-order valence-corrected chi connectivity index (χ1v) is 4.83. The summed E-state index contributed by atoms with van der Waals surface area (Å²) >= 11 is 0. The Morgan fingerprint density at radius 1 is 1.07 bits per heavy atom. The molecule has 0 heterocycles. The second-order valence-electron chi connectivity index (χ2n) is 3.80. The third-order valence-corrected chi connectivity index (χ3v) is 2.73. The van der Waals surface area contributed by atoms with Crippen LogP contribution in [0.25, 0.3) is 0 Å². The van der Waals surface area contributed by atoms with E-state index in [1.54, 1.807) is 0 Å². The zero-order valence-corrected chi connectivity index (χ0v) is 7.93. The van der Waals surface area contributed by atoms with Crippen LogP contribution in [0.1, 0.15) is 24.5 Å². The molecule has 2 rings (SSSR count). The number of hydrogen-bond donors (Lipinski definition) is 2. The highest BCUT2D eigenvalue weighted by molar-refractivity contribution is 5.22. The first-order valence-electron chi connectivity index (χ1n) is 4.83. The summed E-state index contributed by atoms with van der Waals surface area (Å²) < 4.78 is 0. The van der Waals surface area contributed by atoms with E-state index in [0.717, 1.165) is 5.56 Å². The van der Waals surface area contributed by atoms with Crippen LogP contribution in [0.2, 0.25) is 0 Å². The summed E-state index contributed by atoms with van der Waals surface area (Å²) in [7, 11) is 0. The molecule has 0 fully saturated rings. The summed E-state index contributed by atoms with van der Waals surface area (Å²) in [6.07, 6.45) is 4.09. The fourth-order valence-electron chi connectivity index (χ4n) is 1.83. The zero-order chi connectivity index (χ0) is 10.0. The van der Waals surface area contributed by atoms with Crippen molar-refractivity contribution in [2.24, 2.45) is 0 Å². The van der Waals surface area contributed by atoms with Gasteiger partial charge in [0.2, 0.25) is 0 Å². The van der Waals surface area contributed by atoms with E-state index < -0.39 is 11.7 Å². The van der Waals surface area contributed by atoms with Crippen molar-refractivity contribution in [2.45, 2.75) is 24.5 Å². The van der Waals surface area contributed by atoms with Gasteiger partial charge in [-0.1, -0.05) is 42.5 Å². The third kappa shape index (κ3) is 1.59. The molecule has 1 atom stereocenters. The van der Waals surface area contributed by atoms with Crippen LogP contribution in [0, 0.1) is 0 Å². The molecule has 0 aromatic heterocycles. The molecule has 1 aliphatic rings. The molecule has 0 saturated heterocycles. The highest BCUT2D eigenvalue weighted by atomic mass is 16.3. The smallest absolute Gasteiger partial charge is 0.108 e. The van der Waals surface area contributed by atoms with Gasteiger partial charge in [0.1, 0.15) is 11.7 Å². The minimum absolute atomic E-state index is 0.531. The SMILES string of the molecule is OC(c1ccccc1)C1(O)CC=CC1. The quantitative estimate of drug-likeness (QED) is 0.698. The number of benzene rings is 1. The van der Waals surface area contributed by atoms with Crippen LogP contribution in [-0.2, 0) is 0 Å². The molecular weight excluding hydrogens is 176 g/mol. The van der Waals surface area contributed by atoms with Crippen LogP contribution < -0.4 is 0 Å². The second kappa shape index (κ2) is 3.56. The first-order chi connectivity index (χ1) is 6.72. The fraction of sp³-hybridized carbons (Fsp3) is 0.333. The van der Waals surface area contributed by atoms with E-state index in [1.165, 1.54) is 0 Å². The first kappa shape index (κ1) is 9.44. The fourth-order valence-corrected chi connectivity index (χ4v) is 1.83. The van der Waals surface area contributed by atoms with Crippen molar-refractivity contribution in [3.63, 3.8) is 0 Å². The third-order valence-electron chi connectivity index (χ3n) is 2.73. The minimum atomic E-state index is -0.999. The molecule has 2 nitrogen and oxygen atoms in total. The van der Waals surface area contributed by atoms with Gasteiger partial charge in [0, 0.05) is 0 Å². The van der Waals surface area contributed by atoms with Crippen molar-refractivity contribution in [1.82, 2.24) is 0 Å². The number of rotatable bonds is 2. The molecule has 0 aliphatic heterocycles. The number of hydrogen-bond acceptors (Lipinski definition) is 2. The Kier molecular flexibility index (Phi) is 2.40. The zero-order valence-electron chi connectivity index (χ0n) is 7.93. The van der Waals surface area contributed by atoms with E-state index in [-0.39, 0.29) is 0 Å². The maximum Gasteiger partial charge on any atom is 0.108 e. The molecule has 0 spiro atoms. The highest BCUT2D eigenvalue weighted by Gasteiger charge is 2.36. The molecule has 1 aromatic carbocycles. The highest BCUT2D eigenvalue weighted by Crippen LogP contribution is 2.35. The van der Waals surface area contributed by atoms with Gasteiger partial charge in [0.15, 0.2) is 0 Å². The average molecular weight is 190 g/mol. The van der Waals surface area contributed by atoms with E-state index in [4.69, 9.17) is 0 Å². The Balaban J connectivity index is 2.20. The predicted molar refractivity (Wildman–Crippen MR) is 54.7 cm³/mol. The summed E-state index contributed by atoms with van der Waals surface area (Å²) in [4.78, 5) is 0. The second-order valence-corrected chi connectivity index (χ2v) is 3.80. The van der Waals surface area contributed by atoms with Crippen LogP contribution in [0.3, 0.4) is 0 Å². The van der Waals surface area contributed by atoms with Crippen LogP contribution >= 0.6 is 0 Å². The Hall–Kier alpha value is -1.12. The summed E-state index contributed by atoms with van der Waals surface area (Å²) in [6.45, 7) is 0. The normalized spacial score (nSPS) is 21.0. The van der Waals surface area contributed by atoms with E-state index in [2.05, 4.69) is 0 Å². The van der Waals surface area contributed by atoms with Gasteiger partial charge >= 0.3 is 0 Å². The van der Waals surface area contributed by atoms with Crippen molar-refractivity contribution in [3.8, 4) is 0 Å². The molecule has 0 radical (unpaired) electrons.